The number of hydrogen-bond acceptors (Lipinski definition) is 2. The van der Waals surface area contributed by atoms with E-state index in [4.69, 9.17) is 0 Å². The SMILES string of the molecule is Fc1c(F)c(N(F)F)c(F)c(F)c1N(F)F. The van der Waals surface area contributed by atoms with Crippen LogP contribution in [-0.4, -0.2) is 0 Å². The number of nitrogens with zero attached hydrogens (tertiary/aromatic N) is 2. The van der Waals surface area contributed by atoms with Gasteiger partial charge in [0.1, 0.15) is 0 Å². The summed E-state index contributed by atoms with van der Waals surface area (Å²) in [6.45, 7) is 0. The van der Waals surface area contributed by atoms with Gasteiger partial charge in [-0.25, -0.2) is 17.6 Å². The Morgan fingerprint density at radius 1 is 0.500 bits per heavy atom. The Labute approximate surface area is 82.0 Å². The summed E-state index contributed by atoms with van der Waals surface area (Å²) in [7, 11) is 0. The van der Waals surface area contributed by atoms with Crippen molar-refractivity contribution in [3.8, 4) is 0 Å². The van der Waals surface area contributed by atoms with Crippen LogP contribution >= 0.6 is 0 Å². The van der Waals surface area contributed by atoms with Crippen LogP contribution in [-0.2, 0) is 0 Å². The van der Waals surface area contributed by atoms with E-state index in [0.717, 1.165) is 0 Å². The summed E-state index contributed by atoms with van der Waals surface area (Å²) >= 11 is 0. The van der Waals surface area contributed by atoms with Gasteiger partial charge < -0.3 is 0 Å². The first-order valence-electron chi connectivity index (χ1n) is 3.38. The maximum atomic E-state index is 12.7. The molecule has 0 spiro atoms. The van der Waals surface area contributed by atoms with Crippen molar-refractivity contribution in [2.24, 2.45) is 0 Å². The summed E-state index contributed by atoms with van der Waals surface area (Å²) in [4.78, 5) is 0. The fraction of sp³-hybridized carbons (Fsp3) is 0. The number of anilines is 2. The maximum absolute atomic E-state index is 12.7. The lowest BCUT2D eigenvalue weighted by atomic mass is 10.2. The zero-order valence-corrected chi connectivity index (χ0v) is 6.92. The Bertz CT molecular complexity index is 349. The lowest BCUT2D eigenvalue weighted by molar-refractivity contribution is 0.212. The predicted molar refractivity (Wildman–Crippen MR) is 35.7 cm³/mol. The number of hydrogen-bond donors (Lipinski definition) is 0. The van der Waals surface area contributed by atoms with Crippen molar-refractivity contribution >= 4 is 11.4 Å². The van der Waals surface area contributed by atoms with Gasteiger partial charge in [-0.1, -0.05) is 17.9 Å². The molecule has 0 heterocycles. The summed E-state index contributed by atoms with van der Waals surface area (Å²) in [5.74, 6) is -10.5. The van der Waals surface area contributed by atoms with E-state index in [1.807, 2.05) is 0 Å². The van der Waals surface area contributed by atoms with Crippen molar-refractivity contribution in [1.29, 1.82) is 0 Å². The largest absolute Gasteiger partial charge is 0.201 e. The normalized spacial score (nSPS) is 10.5. The lowest BCUT2D eigenvalue weighted by Crippen LogP contribution is -2.12. The molecule has 0 saturated heterocycles. The van der Waals surface area contributed by atoms with Gasteiger partial charge in [-0.05, 0) is 10.7 Å². The van der Waals surface area contributed by atoms with Crippen LogP contribution < -0.4 is 10.7 Å². The van der Waals surface area contributed by atoms with Gasteiger partial charge in [-0.15, -0.1) is 0 Å². The molecule has 16 heavy (non-hydrogen) atoms. The smallest absolute Gasteiger partial charge is 0.193 e. The highest BCUT2D eigenvalue weighted by atomic mass is 19.4. The summed E-state index contributed by atoms with van der Waals surface area (Å²) in [5, 5.41) is -4.52. The van der Waals surface area contributed by atoms with Gasteiger partial charge >= 0.3 is 0 Å². The lowest BCUT2D eigenvalue weighted by Gasteiger charge is -2.11. The second-order valence-corrected chi connectivity index (χ2v) is 2.42. The Kier molecular flexibility index (Phi) is 3.10. The van der Waals surface area contributed by atoms with Crippen LogP contribution in [0.3, 0.4) is 0 Å². The molecule has 1 aromatic rings. The second-order valence-electron chi connectivity index (χ2n) is 2.42. The van der Waals surface area contributed by atoms with Crippen LogP contribution in [0.1, 0.15) is 0 Å². The van der Waals surface area contributed by atoms with Gasteiger partial charge in [-0.2, -0.15) is 0 Å². The molecule has 1 aromatic carbocycles. The van der Waals surface area contributed by atoms with Crippen molar-refractivity contribution in [3.05, 3.63) is 23.3 Å². The first-order valence-corrected chi connectivity index (χ1v) is 3.38. The van der Waals surface area contributed by atoms with Crippen LogP contribution in [0.15, 0.2) is 0 Å². The highest BCUT2D eigenvalue weighted by molar-refractivity contribution is 5.57. The third-order valence-corrected chi connectivity index (χ3v) is 1.56. The second kappa shape index (κ2) is 4.02. The third kappa shape index (κ3) is 1.70. The van der Waals surface area contributed by atoms with Crippen LogP contribution in [0.5, 0.6) is 0 Å². The van der Waals surface area contributed by atoms with Crippen LogP contribution in [0.2, 0.25) is 0 Å². The molecular formula is C6F8N2. The zero-order chi connectivity index (χ0) is 12.6. The first kappa shape index (κ1) is 12.3. The van der Waals surface area contributed by atoms with Gasteiger partial charge in [0.15, 0.2) is 34.6 Å². The predicted octanol–water partition coefficient (Wildman–Crippen LogP) is 3.39. The fourth-order valence-corrected chi connectivity index (χ4v) is 0.905. The van der Waals surface area contributed by atoms with Crippen LogP contribution in [0.4, 0.5) is 46.9 Å². The Balaban J connectivity index is 3.63. The number of rotatable bonds is 2. The number of benzene rings is 1. The van der Waals surface area contributed by atoms with E-state index < -0.39 is 45.3 Å². The molecule has 0 amide bonds. The van der Waals surface area contributed by atoms with Gasteiger partial charge in [0.25, 0.3) is 0 Å². The summed E-state index contributed by atoms with van der Waals surface area (Å²) in [6, 6.07) is 0. The molecule has 0 aromatic heterocycles. The molecule has 0 aliphatic carbocycles. The van der Waals surface area contributed by atoms with Gasteiger partial charge in [0.2, 0.25) is 0 Å². The van der Waals surface area contributed by atoms with Gasteiger partial charge in [-0.3, -0.25) is 0 Å². The third-order valence-electron chi connectivity index (χ3n) is 1.56. The maximum Gasteiger partial charge on any atom is 0.193 e. The molecule has 0 N–H and O–H groups in total. The van der Waals surface area contributed by atoms with Crippen LogP contribution in [0, 0.1) is 23.3 Å². The first-order chi connectivity index (χ1) is 7.29. The summed E-state index contributed by atoms with van der Waals surface area (Å²) in [6.07, 6.45) is 0. The molecule has 0 bridgehead atoms. The summed E-state index contributed by atoms with van der Waals surface area (Å²) < 4.78 is 97.8. The van der Waals surface area contributed by atoms with Crippen LogP contribution in [0.25, 0.3) is 0 Å². The van der Waals surface area contributed by atoms with Crippen molar-refractivity contribution in [3.63, 3.8) is 0 Å². The molecule has 0 saturated carbocycles. The van der Waals surface area contributed by atoms with E-state index in [1.165, 1.54) is 0 Å². The molecule has 2 nitrogen and oxygen atoms in total. The van der Waals surface area contributed by atoms with E-state index >= 15 is 0 Å². The quantitative estimate of drug-likeness (QED) is 0.452. The molecule has 1 rings (SSSR count). The Morgan fingerprint density at radius 2 is 0.688 bits per heavy atom. The Hall–Kier alpha value is -1.74. The average Bonchev–Trinajstić information content (AvgIpc) is 2.14. The van der Waals surface area contributed by atoms with Gasteiger partial charge in [0.05, 0.1) is 0 Å². The molecule has 0 radical (unpaired) electrons. The molecule has 0 unspecified atom stereocenters. The molecule has 0 atom stereocenters. The monoisotopic (exact) mass is 252 g/mol. The highest BCUT2D eigenvalue weighted by Gasteiger charge is 2.32. The molecule has 90 valence electrons. The molecule has 10 heteroatoms. The van der Waals surface area contributed by atoms with E-state index in [9.17, 15) is 35.5 Å². The minimum Gasteiger partial charge on any atom is -0.201 e. The molecule has 0 fully saturated rings. The topological polar surface area (TPSA) is 6.48 Å². The average molecular weight is 252 g/mol. The van der Waals surface area contributed by atoms with E-state index in [2.05, 4.69) is 0 Å². The molecule has 0 aliphatic heterocycles. The van der Waals surface area contributed by atoms with E-state index in [-0.39, 0.29) is 0 Å². The minimum atomic E-state index is -2.63. The highest BCUT2D eigenvalue weighted by Crippen LogP contribution is 2.36. The number of halogens is 8. The molecule has 0 aliphatic rings. The standard InChI is InChI=1S/C6F8N2/c7-1-2(8)6(16(13)14)4(10)3(9)5(1)15(11)12. The van der Waals surface area contributed by atoms with Crippen molar-refractivity contribution < 1.29 is 35.5 Å². The van der Waals surface area contributed by atoms with Crippen molar-refractivity contribution in [2.75, 3.05) is 10.7 Å². The van der Waals surface area contributed by atoms with Gasteiger partial charge in [0, 0.05) is 0 Å². The minimum absolute atomic E-state index is 2.26. The molecular weight excluding hydrogens is 252 g/mol. The summed E-state index contributed by atoms with van der Waals surface area (Å²) in [5.41, 5.74) is -4.78. The van der Waals surface area contributed by atoms with Crippen molar-refractivity contribution in [2.45, 2.75) is 0 Å². The fourth-order valence-electron chi connectivity index (χ4n) is 0.905. The Morgan fingerprint density at radius 3 is 0.812 bits per heavy atom. The van der Waals surface area contributed by atoms with Crippen molar-refractivity contribution in [1.82, 2.24) is 0 Å². The van der Waals surface area contributed by atoms with E-state index in [1.54, 1.807) is 0 Å². The van der Waals surface area contributed by atoms with E-state index in [0.29, 0.717) is 0 Å². The zero-order valence-electron chi connectivity index (χ0n) is 6.92.